The van der Waals surface area contributed by atoms with Crippen LogP contribution in [0.4, 0.5) is 5.13 Å². The molecule has 2 aromatic rings. The number of carbonyl (C=O) groups is 2. The van der Waals surface area contributed by atoms with E-state index in [4.69, 9.17) is 0 Å². The SMILES string of the molecule is O=C(Nc1nccs1)C1CCCN(C(=O)C(c2ccccc2)N2CCS(=O)(=O)CC2)C1. The highest BCUT2D eigenvalue weighted by Crippen LogP contribution is 2.28. The van der Waals surface area contributed by atoms with E-state index in [0.29, 0.717) is 31.3 Å². The summed E-state index contributed by atoms with van der Waals surface area (Å²) in [7, 11) is -3.05. The molecule has 0 radical (unpaired) electrons. The monoisotopic (exact) mass is 462 g/mol. The van der Waals surface area contributed by atoms with Gasteiger partial charge in [0, 0.05) is 37.8 Å². The van der Waals surface area contributed by atoms with Crippen molar-refractivity contribution < 1.29 is 18.0 Å². The number of piperidine rings is 1. The van der Waals surface area contributed by atoms with Crippen LogP contribution < -0.4 is 5.32 Å². The highest BCUT2D eigenvalue weighted by Gasteiger charge is 2.37. The third-order valence-corrected chi connectivity index (χ3v) is 8.16. The van der Waals surface area contributed by atoms with Crippen LogP contribution in [-0.2, 0) is 19.4 Å². The number of thiazole rings is 1. The number of likely N-dealkylation sites (tertiary alicyclic amines) is 1. The van der Waals surface area contributed by atoms with Crippen LogP contribution in [0.3, 0.4) is 0 Å². The van der Waals surface area contributed by atoms with Gasteiger partial charge in [0.05, 0.1) is 17.4 Å². The van der Waals surface area contributed by atoms with Crippen LogP contribution >= 0.6 is 11.3 Å². The van der Waals surface area contributed by atoms with Crippen molar-refractivity contribution in [3.05, 3.63) is 47.5 Å². The largest absolute Gasteiger partial charge is 0.340 e. The van der Waals surface area contributed by atoms with E-state index in [0.717, 1.165) is 18.4 Å². The quantitative estimate of drug-likeness (QED) is 0.727. The van der Waals surface area contributed by atoms with Crippen LogP contribution in [0.25, 0.3) is 0 Å². The Bertz CT molecular complexity index is 997. The number of sulfone groups is 1. The summed E-state index contributed by atoms with van der Waals surface area (Å²) in [5, 5.41) is 5.20. The fraction of sp³-hybridized carbons (Fsp3) is 0.476. The molecular formula is C21H26N4O4S2. The number of nitrogens with zero attached hydrogens (tertiary/aromatic N) is 3. The lowest BCUT2D eigenvalue weighted by Crippen LogP contribution is -2.51. The van der Waals surface area contributed by atoms with E-state index in [2.05, 4.69) is 10.3 Å². The third-order valence-electron chi connectivity index (χ3n) is 5.86. The van der Waals surface area contributed by atoms with E-state index < -0.39 is 15.9 Å². The molecule has 2 unspecified atom stereocenters. The van der Waals surface area contributed by atoms with Crippen LogP contribution in [0.2, 0.25) is 0 Å². The average Bonchev–Trinajstić information content (AvgIpc) is 3.29. The van der Waals surface area contributed by atoms with Crippen LogP contribution in [0.15, 0.2) is 41.9 Å². The molecule has 2 fully saturated rings. The van der Waals surface area contributed by atoms with Gasteiger partial charge in [-0.2, -0.15) is 0 Å². The van der Waals surface area contributed by atoms with E-state index in [1.807, 2.05) is 35.2 Å². The molecule has 10 heteroatoms. The number of anilines is 1. The molecule has 0 bridgehead atoms. The van der Waals surface area contributed by atoms with Gasteiger partial charge in [-0.15, -0.1) is 11.3 Å². The molecule has 2 aliphatic rings. The van der Waals surface area contributed by atoms with E-state index in [1.165, 1.54) is 11.3 Å². The van der Waals surface area contributed by atoms with Crippen molar-refractivity contribution in [3.8, 4) is 0 Å². The number of aromatic nitrogens is 1. The molecule has 1 aromatic heterocycles. The summed E-state index contributed by atoms with van der Waals surface area (Å²) in [4.78, 5) is 34.1. The van der Waals surface area contributed by atoms with Crippen molar-refractivity contribution in [1.29, 1.82) is 0 Å². The summed E-state index contributed by atoms with van der Waals surface area (Å²) in [6.45, 7) is 1.60. The number of carbonyl (C=O) groups excluding carboxylic acids is 2. The van der Waals surface area contributed by atoms with Gasteiger partial charge in [-0.05, 0) is 18.4 Å². The van der Waals surface area contributed by atoms with Crippen molar-refractivity contribution in [2.75, 3.05) is 43.0 Å². The first-order valence-electron chi connectivity index (χ1n) is 10.4. The predicted octanol–water partition coefficient (Wildman–Crippen LogP) is 1.79. The van der Waals surface area contributed by atoms with E-state index in [9.17, 15) is 18.0 Å². The second-order valence-electron chi connectivity index (χ2n) is 7.95. The van der Waals surface area contributed by atoms with Gasteiger partial charge in [0.25, 0.3) is 0 Å². The number of hydrogen-bond acceptors (Lipinski definition) is 7. The third kappa shape index (κ3) is 5.31. The molecule has 0 spiro atoms. The van der Waals surface area contributed by atoms with Gasteiger partial charge < -0.3 is 10.2 Å². The van der Waals surface area contributed by atoms with Crippen molar-refractivity contribution >= 4 is 38.1 Å². The molecule has 31 heavy (non-hydrogen) atoms. The molecule has 1 aromatic carbocycles. The van der Waals surface area contributed by atoms with E-state index in [-0.39, 0.29) is 29.2 Å². The Kier molecular flexibility index (Phi) is 6.68. The molecule has 1 N–H and O–H groups in total. The molecule has 2 aliphatic heterocycles. The maximum Gasteiger partial charge on any atom is 0.244 e. The summed E-state index contributed by atoms with van der Waals surface area (Å²) < 4.78 is 23.8. The molecule has 3 heterocycles. The Morgan fingerprint density at radius 3 is 2.55 bits per heavy atom. The van der Waals surface area contributed by atoms with Gasteiger partial charge in [0.2, 0.25) is 11.8 Å². The Balaban J connectivity index is 1.50. The highest BCUT2D eigenvalue weighted by molar-refractivity contribution is 7.91. The van der Waals surface area contributed by atoms with Crippen LogP contribution in [0, 0.1) is 5.92 Å². The fourth-order valence-electron chi connectivity index (χ4n) is 4.19. The zero-order valence-corrected chi connectivity index (χ0v) is 18.8. The lowest BCUT2D eigenvalue weighted by Gasteiger charge is -2.39. The van der Waals surface area contributed by atoms with E-state index >= 15 is 0 Å². The summed E-state index contributed by atoms with van der Waals surface area (Å²) in [5.74, 6) is -0.366. The predicted molar refractivity (Wildman–Crippen MR) is 119 cm³/mol. The molecule has 8 nitrogen and oxygen atoms in total. The minimum Gasteiger partial charge on any atom is -0.340 e. The summed E-state index contributed by atoms with van der Waals surface area (Å²) >= 11 is 1.36. The average molecular weight is 463 g/mol. The van der Waals surface area contributed by atoms with Crippen molar-refractivity contribution in [2.45, 2.75) is 18.9 Å². The van der Waals surface area contributed by atoms with Crippen LogP contribution in [0.1, 0.15) is 24.4 Å². The van der Waals surface area contributed by atoms with Gasteiger partial charge in [-0.1, -0.05) is 30.3 Å². The first-order chi connectivity index (χ1) is 14.9. The Morgan fingerprint density at radius 2 is 1.87 bits per heavy atom. The molecule has 2 amide bonds. The normalized spacial score (nSPS) is 22.6. The molecule has 2 atom stereocenters. The minimum absolute atomic E-state index is 0.0580. The smallest absolute Gasteiger partial charge is 0.244 e. The molecule has 0 aliphatic carbocycles. The lowest BCUT2D eigenvalue weighted by molar-refractivity contribution is -0.140. The minimum atomic E-state index is -3.05. The fourth-order valence-corrected chi connectivity index (χ4v) is 5.95. The van der Waals surface area contributed by atoms with Gasteiger partial charge in [-0.3, -0.25) is 14.5 Å². The number of nitrogens with one attached hydrogen (secondary N) is 1. The summed E-state index contributed by atoms with van der Waals surface area (Å²) in [6.07, 6.45) is 3.11. The van der Waals surface area contributed by atoms with Crippen LogP contribution in [-0.4, -0.2) is 72.7 Å². The number of benzene rings is 1. The van der Waals surface area contributed by atoms with Crippen molar-refractivity contribution in [3.63, 3.8) is 0 Å². The Labute approximate surface area is 186 Å². The molecular weight excluding hydrogens is 436 g/mol. The second kappa shape index (κ2) is 9.46. The van der Waals surface area contributed by atoms with Crippen LogP contribution in [0.5, 0.6) is 0 Å². The highest BCUT2D eigenvalue weighted by atomic mass is 32.2. The number of hydrogen-bond donors (Lipinski definition) is 1. The van der Waals surface area contributed by atoms with Crippen molar-refractivity contribution in [2.24, 2.45) is 5.92 Å². The Morgan fingerprint density at radius 1 is 1.13 bits per heavy atom. The second-order valence-corrected chi connectivity index (χ2v) is 11.1. The zero-order chi connectivity index (χ0) is 21.8. The number of amides is 2. The molecule has 2 saturated heterocycles. The standard InChI is InChI=1S/C21H26N4O4S2/c26-19(23-21-22-8-12-30-21)17-7-4-9-25(15-17)20(27)18(16-5-2-1-3-6-16)24-10-13-31(28,29)14-11-24/h1-3,5-6,8,12,17-18H,4,7,9-11,13-15H2,(H,22,23,26). The van der Waals surface area contributed by atoms with Gasteiger partial charge in [0.15, 0.2) is 15.0 Å². The molecule has 166 valence electrons. The van der Waals surface area contributed by atoms with Gasteiger partial charge >= 0.3 is 0 Å². The van der Waals surface area contributed by atoms with Crippen molar-refractivity contribution in [1.82, 2.24) is 14.8 Å². The molecule has 0 saturated carbocycles. The maximum absolute atomic E-state index is 13.6. The lowest BCUT2D eigenvalue weighted by atomic mass is 9.95. The maximum atomic E-state index is 13.6. The summed E-state index contributed by atoms with van der Waals surface area (Å²) in [5.41, 5.74) is 0.848. The van der Waals surface area contributed by atoms with E-state index in [1.54, 1.807) is 16.5 Å². The number of rotatable bonds is 5. The first-order valence-corrected chi connectivity index (χ1v) is 13.1. The topological polar surface area (TPSA) is 99.7 Å². The van der Waals surface area contributed by atoms with Gasteiger partial charge in [0.1, 0.15) is 6.04 Å². The summed E-state index contributed by atoms with van der Waals surface area (Å²) in [6, 6.07) is 8.93. The first kappa shape index (κ1) is 21.9. The Hall–Kier alpha value is -2.30. The molecule has 4 rings (SSSR count). The van der Waals surface area contributed by atoms with Gasteiger partial charge in [-0.25, -0.2) is 13.4 Å². The zero-order valence-electron chi connectivity index (χ0n) is 17.1.